The normalized spacial score (nSPS) is 10.5. The van der Waals surface area contributed by atoms with Crippen molar-refractivity contribution in [1.29, 1.82) is 0 Å². The molecule has 0 unspecified atom stereocenters. The highest BCUT2D eigenvalue weighted by molar-refractivity contribution is 6.32. The van der Waals surface area contributed by atoms with E-state index >= 15 is 0 Å². The van der Waals surface area contributed by atoms with Crippen molar-refractivity contribution in [3.63, 3.8) is 0 Å². The van der Waals surface area contributed by atoms with Crippen LogP contribution in [-0.4, -0.2) is 5.78 Å². The van der Waals surface area contributed by atoms with Crippen molar-refractivity contribution in [2.45, 2.75) is 13.3 Å². The lowest BCUT2D eigenvalue weighted by molar-refractivity contribution is 0.0993. The van der Waals surface area contributed by atoms with Crippen LogP contribution < -0.4 is 0 Å². The van der Waals surface area contributed by atoms with Gasteiger partial charge in [0.05, 0.1) is 5.02 Å². The zero-order valence-electron chi connectivity index (χ0n) is 10.2. The first-order valence-corrected chi connectivity index (χ1v) is 6.47. The monoisotopic (exact) mass is 296 g/mol. The maximum absolute atomic E-state index is 13.3. The Labute approximate surface area is 121 Å². The molecular formula is C15H11Cl2FO. The minimum Gasteiger partial charge on any atom is -0.294 e. The van der Waals surface area contributed by atoms with E-state index in [4.69, 9.17) is 23.2 Å². The van der Waals surface area contributed by atoms with Crippen LogP contribution in [0.4, 0.5) is 4.39 Å². The smallest absolute Gasteiger partial charge is 0.167 e. The zero-order valence-corrected chi connectivity index (χ0v) is 11.7. The molecule has 0 aliphatic heterocycles. The third kappa shape index (κ3) is 3.14. The van der Waals surface area contributed by atoms with E-state index in [0.29, 0.717) is 16.1 Å². The Morgan fingerprint density at radius 2 is 1.95 bits per heavy atom. The molecule has 0 N–H and O–H groups in total. The Bertz CT molecular complexity index is 638. The minimum atomic E-state index is -0.515. The van der Waals surface area contributed by atoms with Crippen LogP contribution in [0.5, 0.6) is 0 Å². The molecule has 0 aromatic heterocycles. The van der Waals surface area contributed by atoms with E-state index in [1.165, 1.54) is 12.1 Å². The average molecular weight is 297 g/mol. The maximum atomic E-state index is 13.3. The molecule has 0 aliphatic carbocycles. The number of aryl methyl sites for hydroxylation is 1. The summed E-state index contributed by atoms with van der Waals surface area (Å²) in [5.74, 6) is -0.633. The molecule has 0 aliphatic rings. The van der Waals surface area contributed by atoms with Gasteiger partial charge in [0.2, 0.25) is 0 Å². The molecule has 1 nitrogen and oxygen atoms in total. The molecule has 0 saturated carbocycles. The largest absolute Gasteiger partial charge is 0.294 e. The molecule has 0 fully saturated rings. The molecule has 0 saturated heterocycles. The van der Waals surface area contributed by atoms with Gasteiger partial charge in [-0.3, -0.25) is 4.79 Å². The molecular weight excluding hydrogens is 286 g/mol. The Morgan fingerprint density at radius 3 is 2.63 bits per heavy atom. The highest BCUT2D eigenvalue weighted by Gasteiger charge is 2.12. The molecule has 0 heterocycles. The third-order valence-corrected chi connectivity index (χ3v) is 3.71. The van der Waals surface area contributed by atoms with Crippen molar-refractivity contribution >= 4 is 29.0 Å². The Hall–Kier alpha value is -1.38. The van der Waals surface area contributed by atoms with Crippen LogP contribution in [0.2, 0.25) is 10.0 Å². The molecule has 0 atom stereocenters. The number of hydrogen-bond donors (Lipinski definition) is 0. The predicted octanol–water partition coefficient (Wildman–Crippen LogP) is 4.87. The van der Waals surface area contributed by atoms with Gasteiger partial charge in [0, 0.05) is 17.0 Å². The average Bonchev–Trinajstić information content (AvgIpc) is 2.38. The van der Waals surface area contributed by atoms with Crippen molar-refractivity contribution in [2.24, 2.45) is 0 Å². The first kappa shape index (κ1) is 14.0. The molecule has 2 rings (SSSR count). The fourth-order valence-electron chi connectivity index (χ4n) is 1.78. The summed E-state index contributed by atoms with van der Waals surface area (Å²) in [4.78, 5) is 12.1. The predicted molar refractivity (Wildman–Crippen MR) is 75.6 cm³/mol. The second-order valence-electron chi connectivity index (χ2n) is 4.28. The Kier molecular flexibility index (Phi) is 4.23. The van der Waals surface area contributed by atoms with E-state index < -0.39 is 5.82 Å². The van der Waals surface area contributed by atoms with E-state index in [1.807, 2.05) is 6.92 Å². The van der Waals surface area contributed by atoms with Gasteiger partial charge in [-0.05, 0) is 42.3 Å². The number of Topliss-reactive ketones (excluding diaryl/α,β-unsaturated/α-hetero) is 1. The summed E-state index contributed by atoms with van der Waals surface area (Å²) in [5.41, 5.74) is 1.86. The highest BCUT2D eigenvalue weighted by Crippen LogP contribution is 2.22. The first-order valence-electron chi connectivity index (χ1n) is 5.71. The highest BCUT2D eigenvalue weighted by atomic mass is 35.5. The number of hydrogen-bond acceptors (Lipinski definition) is 1. The second-order valence-corrected chi connectivity index (χ2v) is 5.06. The van der Waals surface area contributed by atoms with Crippen molar-refractivity contribution < 1.29 is 9.18 Å². The van der Waals surface area contributed by atoms with Gasteiger partial charge in [-0.15, -0.1) is 0 Å². The first-order chi connectivity index (χ1) is 8.99. The Morgan fingerprint density at radius 1 is 1.21 bits per heavy atom. The number of carbonyl (C=O) groups is 1. The van der Waals surface area contributed by atoms with E-state index in [2.05, 4.69) is 0 Å². The third-order valence-electron chi connectivity index (χ3n) is 2.86. The standard InChI is InChI=1S/C15H11Cl2FO/c1-9-7-10(5-6-12(9)16)14(19)8-11-3-2-4-13(18)15(11)17/h2-7H,8H2,1H3. The van der Waals surface area contributed by atoms with Crippen molar-refractivity contribution in [2.75, 3.05) is 0 Å². The van der Waals surface area contributed by atoms with Crippen LogP contribution in [0.1, 0.15) is 21.5 Å². The van der Waals surface area contributed by atoms with Gasteiger partial charge in [0.25, 0.3) is 0 Å². The van der Waals surface area contributed by atoms with Gasteiger partial charge < -0.3 is 0 Å². The number of ketones is 1. The molecule has 0 amide bonds. The summed E-state index contributed by atoms with van der Waals surface area (Å²) < 4.78 is 13.3. The van der Waals surface area contributed by atoms with Gasteiger partial charge >= 0.3 is 0 Å². The summed E-state index contributed by atoms with van der Waals surface area (Å²) >= 11 is 11.7. The van der Waals surface area contributed by atoms with E-state index in [-0.39, 0.29) is 17.2 Å². The van der Waals surface area contributed by atoms with Crippen LogP contribution >= 0.6 is 23.2 Å². The summed E-state index contributed by atoms with van der Waals surface area (Å²) in [6.45, 7) is 1.83. The summed E-state index contributed by atoms with van der Waals surface area (Å²) in [6.07, 6.45) is 0.0671. The zero-order chi connectivity index (χ0) is 14.0. The molecule has 2 aromatic rings. The number of carbonyl (C=O) groups excluding carboxylic acids is 1. The SMILES string of the molecule is Cc1cc(C(=O)Cc2cccc(F)c2Cl)ccc1Cl. The molecule has 0 radical (unpaired) electrons. The van der Waals surface area contributed by atoms with Gasteiger partial charge in [-0.1, -0.05) is 35.3 Å². The van der Waals surface area contributed by atoms with Crippen LogP contribution in [-0.2, 0) is 6.42 Å². The van der Waals surface area contributed by atoms with Gasteiger partial charge in [-0.2, -0.15) is 0 Å². The van der Waals surface area contributed by atoms with Crippen LogP contribution in [0.25, 0.3) is 0 Å². The van der Waals surface area contributed by atoms with E-state index in [0.717, 1.165) is 5.56 Å². The molecule has 4 heteroatoms. The molecule has 19 heavy (non-hydrogen) atoms. The fraction of sp³-hybridized carbons (Fsp3) is 0.133. The number of rotatable bonds is 3. The number of benzene rings is 2. The lowest BCUT2D eigenvalue weighted by Crippen LogP contribution is -2.05. The molecule has 0 spiro atoms. The van der Waals surface area contributed by atoms with Crippen molar-refractivity contribution in [1.82, 2.24) is 0 Å². The lowest BCUT2D eigenvalue weighted by Gasteiger charge is -2.06. The van der Waals surface area contributed by atoms with E-state index in [9.17, 15) is 9.18 Å². The minimum absolute atomic E-state index is 0.00142. The lowest BCUT2D eigenvalue weighted by atomic mass is 10.0. The maximum Gasteiger partial charge on any atom is 0.167 e. The van der Waals surface area contributed by atoms with Crippen molar-refractivity contribution in [3.8, 4) is 0 Å². The number of halogens is 3. The second kappa shape index (κ2) is 5.72. The summed E-state index contributed by atoms with van der Waals surface area (Å²) in [6, 6.07) is 9.51. The van der Waals surface area contributed by atoms with Crippen molar-refractivity contribution in [3.05, 3.63) is 69.0 Å². The Balaban J connectivity index is 2.26. The quantitative estimate of drug-likeness (QED) is 0.739. The van der Waals surface area contributed by atoms with E-state index in [1.54, 1.807) is 24.3 Å². The van der Waals surface area contributed by atoms with Crippen LogP contribution in [0.15, 0.2) is 36.4 Å². The molecule has 98 valence electrons. The fourth-order valence-corrected chi connectivity index (χ4v) is 2.09. The van der Waals surface area contributed by atoms with Crippen LogP contribution in [0.3, 0.4) is 0 Å². The topological polar surface area (TPSA) is 17.1 Å². The summed E-state index contributed by atoms with van der Waals surface area (Å²) in [5, 5.41) is 0.613. The van der Waals surface area contributed by atoms with Gasteiger partial charge in [-0.25, -0.2) is 4.39 Å². The van der Waals surface area contributed by atoms with Gasteiger partial charge in [0.1, 0.15) is 5.82 Å². The van der Waals surface area contributed by atoms with Gasteiger partial charge in [0.15, 0.2) is 5.78 Å². The molecule has 2 aromatic carbocycles. The van der Waals surface area contributed by atoms with Crippen LogP contribution in [0, 0.1) is 12.7 Å². The summed E-state index contributed by atoms with van der Waals surface area (Å²) in [7, 11) is 0. The molecule has 0 bridgehead atoms.